The average Bonchev–Trinajstić information content (AvgIpc) is 3.04. The van der Waals surface area contributed by atoms with Gasteiger partial charge in [-0.25, -0.2) is 4.39 Å². The highest BCUT2D eigenvalue weighted by molar-refractivity contribution is 6.36. The van der Waals surface area contributed by atoms with Crippen LogP contribution in [0, 0.1) is 5.82 Å². The number of benzene rings is 1. The molecule has 0 spiro atoms. The van der Waals surface area contributed by atoms with Gasteiger partial charge in [0.1, 0.15) is 17.7 Å². The molecule has 2 aromatic rings. The first-order valence-electron chi connectivity index (χ1n) is 7.15. The van der Waals surface area contributed by atoms with E-state index in [4.69, 9.17) is 4.74 Å². The van der Waals surface area contributed by atoms with Gasteiger partial charge in [0.25, 0.3) is 5.91 Å². The summed E-state index contributed by atoms with van der Waals surface area (Å²) >= 11 is 0. The summed E-state index contributed by atoms with van der Waals surface area (Å²) in [7, 11) is 0. The Morgan fingerprint density at radius 2 is 2.18 bits per heavy atom. The first-order valence-corrected chi connectivity index (χ1v) is 7.15. The number of anilines is 1. The Hall–Kier alpha value is -2.69. The Bertz CT molecular complexity index is 829. The average molecular weight is 296 g/mol. The lowest BCUT2D eigenvalue weighted by molar-refractivity contribution is -0.110. The van der Waals surface area contributed by atoms with Gasteiger partial charge in [-0.1, -0.05) is 6.92 Å². The van der Waals surface area contributed by atoms with Gasteiger partial charge < -0.3 is 10.1 Å². The van der Waals surface area contributed by atoms with Crippen LogP contribution in [-0.2, 0) is 9.53 Å². The summed E-state index contributed by atoms with van der Waals surface area (Å²) in [5, 5.41) is 2.76. The van der Waals surface area contributed by atoms with Gasteiger partial charge >= 0.3 is 0 Å². The minimum absolute atomic E-state index is 0.128. The summed E-state index contributed by atoms with van der Waals surface area (Å²) in [5.41, 5.74) is 3.35. The van der Waals surface area contributed by atoms with Crippen molar-refractivity contribution in [2.24, 2.45) is 0 Å². The number of amides is 1. The molecule has 1 atom stereocenters. The van der Waals surface area contributed by atoms with Crippen LogP contribution < -0.4 is 5.32 Å². The van der Waals surface area contributed by atoms with Crippen molar-refractivity contribution >= 4 is 22.9 Å². The van der Waals surface area contributed by atoms with E-state index in [1.54, 1.807) is 18.5 Å². The van der Waals surface area contributed by atoms with Crippen LogP contribution >= 0.6 is 0 Å². The van der Waals surface area contributed by atoms with E-state index < -0.39 is 0 Å². The van der Waals surface area contributed by atoms with E-state index in [1.165, 1.54) is 12.1 Å². The second kappa shape index (κ2) is 4.66. The monoisotopic (exact) mass is 296 g/mol. The molecule has 0 saturated carbocycles. The molecule has 0 bridgehead atoms. The zero-order valence-corrected chi connectivity index (χ0v) is 11.9. The highest BCUT2D eigenvalue weighted by Gasteiger charge is 2.35. The lowest BCUT2D eigenvalue weighted by atomic mass is 10.00. The summed E-state index contributed by atoms with van der Waals surface area (Å²) < 4.78 is 19.6. The maximum Gasteiger partial charge on any atom is 0.260 e. The fourth-order valence-electron chi connectivity index (χ4n) is 3.00. The molecule has 1 N–H and O–H groups in total. The second-order valence-electron chi connectivity index (χ2n) is 5.33. The number of hydrogen-bond donors (Lipinski definition) is 1. The van der Waals surface area contributed by atoms with Crippen LogP contribution in [0.3, 0.4) is 0 Å². The van der Waals surface area contributed by atoms with Gasteiger partial charge in [0, 0.05) is 34.8 Å². The van der Waals surface area contributed by atoms with Crippen molar-refractivity contribution < 1.29 is 13.9 Å². The number of rotatable bonds is 1. The van der Waals surface area contributed by atoms with Crippen molar-refractivity contribution in [3.63, 3.8) is 0 Å². The van der Waals surface area contributed by atoms with Gasteiger partial charge in [0.15, 0.2) is 0 Å². The number of aromatic nitrogens is 1. The van der Waals surface area contributed by atoms with Crippen molar-refractivity contribution in [3.05, 3.63) is 59.2 Å². The number of fused-ring (bicyclic) bond motifs is 2. The van der Waals surface area contributed by atoms with Gasteiger partial charge in [0.05, 0.1) is 5.57 Å². The first kappa shape index (κ1) is 13.0. The molecule has 4 nitrogen and oxygen atoms in total. The van der Waals surface area contributed by atoms with Crippen LogP contribution in [0.4, 0.5) is 10.1 Å². The molecule has 3 heterocycles. The van der Waals surface area contributed by atoms with Crippen molar-refractivity contribution in [1.82, 2.24) is 4.98 Å². The highest BCUT2D eigenvalue weighted by Crippen LogP contribution is 2.46. The number of ether oxygens (including phenoxy) is 1. The standard InChI is InChI=1S/C17H13FN2O2/c1-2-14-12-8-19-6-5-10(12)16(22-14)15-11-7-9(18)3-4-13(11)20-17(15)21/h3-8,14H,2H2,1H3,(H,20,21). The van der Waals surface area contributed by atoms with Crippen molar-refractivity contribution in [3.8, 4) is 0 Å². The lowest BCUT2D eigenvalue weighted by Crippen LogP contribution is -2.05. The minimum Gasteiger partial charge on any atom is -0.484 e. The smallest absolute Gasteiger partial charge is 0.260 e. The molecular formula is C17H13FN2O2. The van der Waals surface area contributed by atoms with Gasteiger partial charge in [-0.15, -0.1) is 0 Å². The van der Waals surface area contributed by atoms with Crippen molar-refractivity contribution in [2.75, 3.05) is 5.32 Å². The van der Waals surface area contributed by atoms with Gasteiger partial charge in [-0.3, -0.25) is 9.78 Å². The third kappa shape index (κ3) is 1.75. The summed E-state index contributed by atoms with van der Waals surface area (Å²) in [6, 6.07) is 6.09. The topological polar surface area (TPSA) is 51.2 Å². The van der Waals surface area contributed by atoms with E-state index in [-0.39, 0.29) is 17.8 Å². The van der Waals surface area contributed by atoms with E-state index in [2.05, 4.69) is 10.3 Å². The van der Waals surface area contributed by atoms with Gasteiger partial charge in [-0.2, -0.15) is 0 Å². The molecule has 0 radical (unpaired) electrons. The molecule has 1 amide bonds. The SMILES string of the molecule is CCC1OC(=C2C(=O)Nc3ccc(F)cc32)c2ccncc21. The number of nitrogens with zero attached hydrogens (tertiary/aromatic N) is 1. The summed E-state index contributed by atoms with van der Waals surface area (Å²) in [5.74, 6) is -0.144. The molecule has 1 aromatic carbocycles. The number of nitrogens with one attached hydrogen (secondary N) is 1. The predicted octanol–water partition coefficient (Wildman–Crippen LogP) is 3.52. The van der Waals surface area contributed by atoms with Crippen LogP contribution in [0.2, 0.25) is 0 Å². The number of carbonyl (C=O) groups excluding carboxylic acids is 1. The fourth-order valence-corrected chi connectivity index (χ4v) is 3.00. The van der Waals surface area contributed by atoms with Crippen molar-refractivity contribution in [1.29, 1.82) is 0 Å². The molecular weight excluding hydrogens is 283 g/mol. The largest absolute Gasteiger partial charge is 0.484 e. The molecule has 2 aliphatic rings. The molecule has 0 fully saturated rings. The Kier molecular flexibility index (Phi) is 2.76. The normalized spacial score (nSPS) is 22.1. The summed E-state index contributed by atoms with van der Waals surface area (Å²) in [6.45, 7) is 2.01. The van der Waals surface area contributed by atoms with Crippen LogP contribution in [-0.4, -0.2) is 10.9 Å². The van der Waals surface area contributed by atoms with E-state index >= 15 is 0 Å². The van der Waals surface area contributed by atoms with Crippen LogP contribution in [0.1, 0.15) is 36.1 Å². The zero-order valence-electron chi connectivity index (χ0n) is 11.9. The zero-order chi connectivity index (χ0) is 15.3. The Balaban J connectivity index is 1.97. The molecule has 110 valence electrons. The molecule has 2 aliphatic heterocycles. The number of pyridine rings is 1. The van der Waals surface area contributed by atoms with Crippen molar-refractivity contribution in [2.45, 2.75) is 19.4 Å². The fraction of sp³-hybridized carbons (Fsp3) is 0.176. The summed E-state index contributed by atoms with van der Waals surface area (Å²) in [6.07, 6.45) is 4.07. The molecule has 1 unspecified atom stereocenters. The maximum atomic E-state index is 13.6. The number of halogens is 1. The maximum absolute atomic E-state index is 13.6. The molecule has 22 heavy (non-hydrogen) atoms. The quantitative estimate of drug-likeness (QED) is 0.819. The molecule has 4 rings (SSSR count). The van der Waals surface area contributed by atoms with Crippen LogP contribution in [0.15, 0.2) is 36.7 Å². The van der Waals surface area contributed by atoms with E-state index in [9.17, 15) is 9.18 Å². The number of hydrogen-bond acceptors (Lipinski definition) is 3. The highest BCUT2D eigenvalue weighted by atomic mass is 19.1. The van der Waals surface area contributed by atoms with E-state index in [1.807, 2.05) is 13.0 Å². The minimum atomic E-state index is -0.381. The second-order valence-corrected chi connectivity index (χ2v) is 5.33. The molecule has 5 heteroatoms. The van der Waals surface area contributed by atoms with E-state index in [0.717, 1.165) is 17.5 Å². The molecule has 1 aromatic heterocycles. The molecule has 0 saturated heterocycles. The third-order valence-corrected chi connectivity index (χ3v) is 4.03. The van der Waals surface area contributed by atoms with Crippen LogP contribution in [0.5, 0.6) is 0 Å². The first-order chi connectivity index (χ1) is 10.7. The Morgan fingerprint density at radius 1 is 1.32 bits per heavy atom. The summed E-state index contributed by atoms with van der Waals surface area (Å²) in [4.78, 5) is 16.5. The molecule has 0 aliphatic carbocycles. The predicted molar refractivity (Wildman–Crippen MR) is 80.2 cm³/mol. The Morgan fingerprint density at radius 3 is 3.00 bits per heavy atom. The van der Waals surface area contributed by atoms with Gasteiger partial charge in [-0.05, 0) is 30.7 Å². The number of carbonyl (C=O) groups is 1. The Labute approximate surface area is 126 Å². The lowest BCUT2D eigenvalue weighted by Gasteiger charge is -2.09. The third-order valence-electron chi connectivity index (χ3n) is 4.03. The van der Waals surface area contributed by atoms with Crippen LogP contribution in [0.25, 0.3) is 11.3 Å². The van der Waals surface area contributed by atoms with E-state index in [0.29, 0.717) is 22.6 Å². The van der Waals surface area contributed by atoms with Gasteiger partial charge in [0.2, 0.25) is 0 Å².